The van der Waals surface area contributed by atoms with Gasteiger partial charge < -0.3 is 5.32 Å². The zero-order chi connectivity index (χ0) is 25.5. The van der Waals surface area contributed by atoms with Gasteiger partial charge in [0.25, 0.3) is 5.69 Å². The summed E-state index contributed by atoms with van der Waals surface area (Å²) in [6.07, 6.45) is 15.8. The van der Waals surface area contributed by atoms with Crippen LogP contribution in [0, 0.1) is 23.0 Å². The van der Waals surface area contributed by atoms with Crippen LogP contribution >= 0.6 is 0 Å². The van der Waals surface area contributed by atoms with E-state index in [1.165, 1.54) is 45.2 Å². The van der Waals surface area contributed by atoms with Crippen molar-refractivity contribution in [2.24, 2.45) is 5.92 Å². The van der Waals surface area contributed by atoms with Crippen molar-refractivity contribution in [2.45, 2.75) is 25.7 Å². The molecule has 0 spiro atoms. The predicted octanol–water partition coefficient (Wildman–Crippen LogP) is 5.23. The zero-order valence-electron chi connectivity index (χ0n) is 20.5. The second-order valence-electron chi connectivity index (χ2n) is 9.78. The molecule has 0 aromatic heterocycles. The monoisotopic (exact) mass is 486 g/mol. The van der Waals surface area contributed by atoms with Crippen LogP contribution in [0.1, 0.15) is 39.4 Å². The van der Waals surface area contributed by atoms with E-state index in [0.29, 0.717) is 12.0 Å². The molecule has 1 aliphatic heterocycles. The number of nitro benzene ring substituents is 1. The lowest BCUT2D eigenvalue weighted by Crippen LogP contribution is -2.40. The lowest BCUT2D eigenvalue weighted by Gasteiger charge is -2.30. The number of non-ortho nitro benzene ring substituents is 1. The van der Waals surface area contributed by atoms with Crippen LogP contribution < -0.4 is 15.8 Å². The molecule has 3 aromatic rings. The normalized spacial score (nSPS) is 19.1. The Labute approximate surface area is 215 Å². The summed E-state index contributed by atoms with van der Waals surface area (Å²) in [5, 5.41) is 16.8. The van der Waals surface area contributed by atoms with E-state index in [1.54, 1.807) is 12.1 Å². The van der Waals surface area contributed by atoms with Crippen molar-refractivity contribution in [1.29, 1.82) is 0 Å². The fraction of sp³-hybridized carbons (Fsp3) is 0.156. The van der Waals surface area contributed by atoms with Crippen LogP contribution in [0.15, 0.2) is 90.8 Å². The van der Waals surface area contributed by atoms with Crippen LogP contribution in [0.5, 0.6) is 0 Å². The average molecular weight is 487 g/mol. The molecular formula is C32H26N2O3. The van der Waals surface area contributed by atoms with Gasteiger partial charge in [-0.25, -0.2) is 0 Å². The van der Waals surface area contributed by atoms with Crippen molar-refractivity contribution in [1.82, 2.24) is 5.32 Å². The quantitative estimate of drug-likeness (QED) is 0.311. The van der Waals surface area contributed by atoms with Crippen molar-refractivity contribution >= 4 is 23.6 Å². The maximum absolute atomic E-state index is 13.7. The molecular weight excluding hydrogens is 460 g/mol. The van der Waals surface area contributed by atoms with E-state index in [1.807, 2.05) is 24.4 Å². The Kier molecular flexibility index (Phi) is 5.68. The highest BCUT2D eigenvalue weighted by Crippen LogP contribution is 2.35. The number of benzene rings is 3. The summed E-state index contributed by atoms with van der Waals surface area (Å²) in [6.45, 7) is 2.16. The summed E-state index contributed by atoms with van der Waals surface area (Å²) in [4.78, 5) is 24.4. The number of hydrogen-bond donors (Lipinski definition) is 1. The minimum Gasteiger partial charge on any atom is -0.364 e. The Hall–Kier alpha value is -4.51. The Morgan fingerprint density at radius 3 is 2.62 bits per heavy atom. The van der Waals surface area contributed by atoms with Gasteiger partial charge in [0.2, 0.25) is 0 Å². The SMILES string of the molecule is Cc1cccc2c1CC=c1c-2ccc2c1=CC(C(=O)c1ccc([N+](=O)[O-])cc1)CC2C1=CC=CC=CN1. The lowest BCUT2D eigenvalue weighted by molar-refractivity contribution is -0.384. The average Bonchev–Trinajstić information content (AvgIpc) is 3.21. The largest absolute Gasteiger partial charge is 0.364 e. The molecule has 0 saturated heterocycles. The minimum atomic E-state index is -0.444. The summed E-state index contributed by atoms with van der Waals surface area (Å²) in [7, 11) is 0. The molecule has 0 fully saturated rings. The number of carbonyl (C=O) groups excluding carboxylic acids is 1. The molecule has 2 unspecified atom stereocenters. The Morgan fingerprint density at radius 2 is 1.81 bits per heavy atom. The smallest absolute Gasteiger partial charge is 0.269 e. The van der Waals surface area contributed by atoms with Crippen molar-refractivity contribution in [3.63, 3.8) is 0 Å². The van der Waals surface area contributed by atoms with Crippen molar-refractivity contribution in [2.75, 3.05) is 0 Å². The first-order valence-corrected chi connectivity index (χ1v) is 12.5. The molecule has 0 saturated carbocycles. The Bertz CT molecular complexity index is 1660. The maximum atomic E-state index is 13.7. The fourth-order valence-corrected chi connectivity index (χ4v) is 5.80. The molecule has 1 N–H and O–H groups in total. The van der Waals surface area contributed by atoms with E-state index < -0.39 is 4.92 Å². The molecule has 0 bridgehead atoms. The van der Waals surface area contributed by atoms with Gasteiger partial charge in [-0.1, -0.05) is 54.6 Å². The van der Waals surface area contributed by atoms with Crippen LogP contribution in [0.2, 0.25) is 0 Å². The number of allylic oxidation sites excluding steroid dienone is 5. The van der Waals surface area contributed by atoms with Gasteiger partial charge in [-0.05, 0) is 82.3 Å². The van der Waals surface area contributed by atoms with E-state index >= 15 is 0 Å². The molecule has 0 radical (unpaired) electrons. The van der Waals surface area contributed by atoms with Gasteiger partial charge in [0, 0.05) is 41.4 Å². The third-order valence-corrected chi connectivity index (χ3v) is 7.68. The number of rotatable bonds is 4. The molecule has 6 rings (SSSR count). The molecule has 3 aliphatic rings. The highest BCUT2D eigenvalue weighted by atomic mass is 16.6. The first-order chi connectivity index (χ1) is 18.0. The third-order valence-electron chi connectivity index (χ3n) is 7.68. The molecule has 2 atom stereocenters. The number of nitro groups is 1. The number of nitrogens with zero attached hydrogens (tertiary/aromatic N) is 1. The topological polar surface area (TPSA) is 72.2 Å². The van der Waals surface area contributed by atoms with Crippen molar-refractivity contribution < 1.29 is 9.72 Å². The molecule has 37 heavy (non-hydrogen) atoms. The Morgan fingerprint density at radius 1 is 0.973 bits per heavy atom. The van der Waals surface area contributed by atoms with Crippen molar-refractivity contribution in [3.8, 4) is 11.1 Å². The summed E-state index contributed by atoms with van der Waals surface area (Å²) in [5.74, 6) is -0.357. The molecule has 5 nitrogen and oxygen atoms in total. The number of carbonyl (C=O) groups is 1. The summed E-state index contributed by atoms with van der Waals surface area (Å²) in [6, 6.07) is 16.8. The van der Waals surface area contributed by atoms with E-state index in [0.717, 1.165) is 17.3 Å². The molecule has 5 heteroatoms. The van der Waals surface area contributed by atoms with E-state index in [-0.39, 0.29) is 23.3 Å². The van der Waals surface area contributed by atoms with Gasteiger partial charge in [-0.3, -0.25) is 14.9 Å². The zero-order valence-corrected chi connectivity index (χ0v) is 20.5. The summed E-state index contributed by atoms with van der Waals surface area (Å²) in [5.41, 5.74) is 7.83. The molecule has 3 aromatic carbocycles. The third kappa shape index (κ3) is 4.02. The lowest BCUT2D eigenvalue weighted by atomic mass is 9.75. The van der Waals surface area contributed by atoms with Crippen molar-refractivity contribution in [3.05, 3.63) is 134 Å². The number of nitrogens with one attached hydrogen (secondary N) is 1. The van der Waals surface area contributed by atoms with Gasteiger partial charge in [0.15, 0.2) is 5.78 Å². The second-order valence-corrected chi connectivity index (χ2v) is 9.78. The van der Waals surface area contributed by atoms with Gasteiger partial charge in [-0.2, -0.15) is 0 Å². The number of Topliss-reactive ketones (excluding diaryl/α,β-unsaturated/α-hetero) is 1. The Balaban J connectivity index is 1.51. The van der Waals surface area contributed by atoms with Gasteiger partial charge in [0.05, 0.1) is 4.92 Å². The predicted molar refractivity (Wildman–Crippen MR) is 146 cm³/mol. The first kappa shape index (κ1) is 22.9. The highest BCUT2D eigenvalue weighted by molar-refractivity contribution is 6.01. The standard InChI is InChI=1S/C32H26N2O3/c1-20-6-5-7-25-24(20)13-14-27-26(25)15-16-28-29(27)18-22(19-30(28)31-8-3-2-4-17-33-31)32(35)21-9-11-23(12-10-21)34(36)37/h2-12,14-18,22,30,33H,13,19H2,1H3. The fourth-order valence-electron chi connectivity index (χ4n) is 5.80. The van der Waals surface area contributed by atoms with Crippen LogP contribution in [0.3, 0.4) is 0 Å². The molecule has 2 aliphatic carbocycles. The van der Waals surface area contributed by atoms with Crippen LogP contribution in [-0.2, 0) is 6.42 Å². The number of hydrogen-bond acceptors (Lipinski definition) is 4. The minimum absolute atomic E-state index is 0.0111. The van der Waals surface area contributed by atoms with Gasteiger partial charge >= 0.3 is 0 Å². The van der Waals surface area contributed by atoms with E-state index in [2.05, 4.69) is 60.8 Å². The van der Waals surface area contributed by atoms with E-state index in [4.69, 9.17) is 0 Å². The summed E-state index contributed by atoms with van der Waals surface area (Å²) >= 11 is 0. The number of ketones is 1. The summed E-state index contributed by atoms with van der Waals surface area (Å²) < 4.78 is 0. The first-order valence-electron chi connectivity index (χ1n) is 12.5. The highest BCUT2D eigenvalue weighted by Gasteiger charge is 2.31. The molecule has 182 valence electrons. The van der Waals surface area contributed by atoms with Crippen LogP contribution in [-0.4, -0.2) is 10.7 Å². The van der Waals surface area contributed by atoms with Crippen LogP contribution in [0.25, 0.3) is 23.3 Å². The second kappa shape index (κ2) is 9.17. The van der Waals surface area contributed by atoms with Gasteiger partial charge in [0.1, 0.15) is 0 Å². The molecule has 0 amide bonds. The van der Waals surface area contributed by atoms with Gasteiger partial charge in [-0.15, -0.1) is 0 Å². The maximum Gasteiger partial charge on any atom is 0.269 e. The molecule has 1 heterocycles. The van der Waals surface area contributed by atoms with E-state index in [9.17, 15) is 14.9 Å². The number of aryl methyl sites for hydroxylation is 1. The number of fused-ring (bicyclic) bond motifs is 5. The van der Waals surface area contributed by atoms with Crippen LogP contribution in [0.4, 0.5) is 5.69 Å².